The van der Waals surface area contributed by atoms with Crippen molar-refractivity contribution < 1.29 is 14.0 Å². The number of piperidine rings is 1. The van der Waals surface area contributed by atoms with Crippen molar-refractivity contribution in [2.75, 3.05) is 52.4 Å². The number of hydrogen-bond donors (Lipinski definition) is 1. The molecule has 242 valence electrons. The maximum absolute atomic E-state index is 13.7. The van der Waals surface area contributed by atoms with Crippen molar-refractivity contribution in [2.24, 2.45) is 5.92 Å². The summed E-state index contributed by atoms with van der Waals surface area (Å²) in [6.07, 6.45) is 5.86. The number of carbonyl (C=O) groups excluding carboxylic acids is 2. The van der Waals surface area contributed by atoms with Crippen LogP contribution >= 0.6 is 34.8 Å². The number of rotatable bonds is 8. The second-order valence-corrected chi connectivity index (χ2v) is 13.6. The van der Waals surface area contributed by atoms with Gasteiger partial charge in [0, 0.05) is 60.9 Å². The van der Waals surface area contributed by atoms with Gasteiger partial charge in [-0.2, -0.15) is 0 Å². The van der Waals surface area contributed by atoms with Gasteiger partial charge in [-0.1, -0.05) is 60.3 Å². The SMILES string of the molecule is CCC(Cc1cc(Cl)ccc1C1CCN(C(=O)CNC(=O)N2CCCC2)CC1)CN1CCC(F)C1.Cc1ccc(Cl)cc1Cl. The largest absolute Gasteiger partial charge is 0.341 e. The van der Waals surface area contributed by atoms with E-state index in [9.17, 15) is 14.0 Å². The zero-order valence-electron chi connectivity index (χ0n) is 26.0. The van der Waals surface area contributed by atoms with Gasteiger partial charge in [0.15, 0.2) is 0 Å². The Morgan fingerprint density at radius 1 is 0.932 bits per heavy atom. The van der Waals surface area contributed by atoms with E-state index in [0.29, 0.717) is 42.9 Å². The quantitative estimate of drug-likeness (QED) is 0.313. The summed E-state index contributed by atoms with van der Waals surface area (Å²) in [7, 11) is 0. The van der Waals surface area contributed by atoms with Crippen LogP contribution in [0.5, 0.6) is 0 Å². The third-order valence-electron chi connectivity index (χ3n) is 9.13. The van der Waals surface area contributed by atoms with E-state index in [1.807, 2.05) is 30.0 Å². The number of halogens is 4. The van der Waals surface area contributed by atoms with Crippen molar-refractivity contribution in [2.45, 2.75) is 70.9 Å². The fraction of sp³-hybridized carbons (Fsp3) is 0.588. The summed E-state index contributed by atoms with van der Waals surface area (Å²) in [5, 5.41) is 4.96. The van der Waals surface area contributed by atoms with Crippen LogP contribution < -0.4 is 5.32 Å². The average Bonchev–Trinajstić information content (AvgIpc) is 3.70. The average molecular weight is 668 g/mol. The zero-order valence-corrected chi connectivity index (χ0v) is 28.2. The van der Waals surface area contributed by atoms with E-state index in [0.717, 1.165) is 80.3 Å². The number of amides is 3. The van der Waals surface area contributed by atoms with Gasteiger partial charge in [-0.25, -0.2) is 9.18 Å². The summed E-state index contributed by atoms with van der Waals surface area (Å²) in [4.78, 5) is 30.8. The van der Waals surface area contributed by atoms with Crippen molar-refractivity contribution >= 4 is 46.7 Å². The lowest BCUT2D eigenvalue weighted by molar-refractivity contribution is -0.131. The molecular weight excluding hydrogens is 622 g/mol. The van der Waals surface area contributed by atoms with Crippen LogP contribution in [0.2, 0.25) is 15.1 Å². The van der Waals surface area contributed by atoms with Gasteiger partial charge in [-0.15, -0.1) is 0 Å². The summed E-state index contributed by atoms with van der Waals surface area (Å²) in [6.45, 7) is 9.53. The third kappa shape index (κ3) is 10.2. The lowest BCUT2D eigenvalue weighted by atomic mass is 9.83. The zero-order chi connectivity index (χ0) is 31.6. The van der Waals surface area contributed by atoms with E-state index in [4.69, 9.17) is 34.8 Å². The van der Waals surface area contributed by atoms with Crippen molar-refractivity contribution in [1.29, 1.82) is 0 Å². The standard InChI is InChI=1S/C27H40ClFN4O2.C7H6Cl2/c1-2-20(18-31-12-9-24(29)19-31)15-22-16-23(28)5-6-25(22)21-7-13-32(14-8-21)26(34)17-30-27(35)33-10-3-4-11-33;1-5-2-3-6(8)4-7(5)9/h5-6,16,20-21,24H,2-4,7-15,17-19H2,1H3,(H,30,35);2-4H,1H3. The maximum atomic E-state index is 13.7. The fourth-order valence-electron chi connectivity index (χ4n) is 6.42. The second-order valence-electron chi connectivity index (χ2n) is 12.4. The van der Waals surface area contributed by atoms with E-state index >= 15 is 0 Å². The molecule has 2 aromatic rings. The molecule has 0 spiro atoms. The minimum absolute atomic E-state index is 0.00449. The lowest BCUT2D eigenvalue weighted by Crippen LogP contribution is -2.46. The molecule has 0 bridgehead atoms. The number of nitrogens with zero attached hydrogens (tertiary/aromatic N) is 3. The summed E-state index contributed by atoms with van der Waals surface area (Å²) in [5.41, 5.74) is 3.69. The topological polar surface area (TPSA) is 55.9 Å². The van der Waals surface area contributed by atoms with Crippen LogP contribution in [-0.4, -0.2) is 85.2 Å². The molecule has 10 heteroatoms. The third-order valence-corrected chi connectivity index (χ3v) is 10.0. The van der Waals surface area contributed by atoms with Gasteiger partial charge < -0.3 is 20.0 Å². The Bertz CT molecular complexity index is 1250. The van der Waals surface area contributed by atoms with Gasteiger partial charge in [0.05, 0.1) is 6.54 Å². The smallest absolute Gasteiger partial charge is 0.317 e. The van der Waals surface area contributed by atoms with Crippen molar-refractivity contribution in [3.8, 4) is 0 Å². The van der Waals surface area contributed by atoms with Crippen LogP contribution in [0.3, 0.4) is 0 Å². The first-order valence-electron chi connectivity index (χ1n) is 16.0. The van der Waals surface area contributed by atoms with Gasteiger partial charge in [0.1, 0.15) is 6.17 Å². The predicted octanol–water partition coefficient (Wildman–Crippen LogP) is 7.77. The minimum Gasteiger partial charge on any atom is -0.341 e. The highest BCUT2D eigenvalue weighted by Crippen LogP contribution is 2.34. The molecule has 1 N–H and O–H groups in total. The molecule has 3 aliphatic heterocycles. The van der Waals surface area contributed by atoms with E-state index in [-0.39, 0.29) is 18.5 Å². The number of hydrogen-bond acceptors (Lipinski definition) is 3. The van der Waals surface area contributed by atoms with Crippen molar-refractivity contribution in [3.63, 3.8) is 0 Å². The highest BCUT2D eigenvalue weighted by molar-refractivity contribution is 6.35. The lowest BCUT2D eigenvalue weighted by Gasteiger charge is -2.34. The number of carbonyl (C=O) groups is 2. The highest BCUT2D eigenvalue weighted by Gasteiger charge is 2.28. The number of urea groups is 1. The molecule has 3 aliphatic rings. The van der Waals surface area contributed by atoms with Gasteiger partial charge in [0.2, 0.25) is 5.91 Å². The van der Waals surface area contributed by atoms with Crippen LogP contribution in [0.4, 0.5) is 9.18 Å². The maximum Gasteiger partial charge on any atom is 0.317 e. The fourth-order valence-corrected chi connectivity index (χ4v) is 7.02. The Morgan fingerprint density at radius 3 is 2.23 bits per heavy atom. The molecule has 2 unspecified atom stereocenters. The van der Waals surface area contributed by atoms with Crippen LogP contribution in [0, 0.1) is 12.8 Å². The van der Waals surface area contributed by atoms with Gasteiger partial charge in [0.25, 0.3) is 0 Å². The van der Waals surface area contributed by atoms with Crippen LogP contribution in [0.1, 0.15) is 68.1 Å². The van der Waals surface area contributed by atoms with E-state index < -0.39 is 6.17 Å². The predicted molar refractivity (Wildman–Crippen MR) is 179 cm³/mol. The Balaban J connectivity index is 0.000000421. The first-order chi connectivity index (χ1) is 21.1. The van der Waals surface area contributed by atoms with Crippen LogP contribution in [0.15, 0.2) is 36.4 Å². The molecule has 2 aromatic carbocycles. The normalized spacial score (nSPS) is 19.9. The molecule has 3 amide bonds. The van der Waals surface area contributed by atoms with Crippen molar-refractivity contribution in [3.05, 3.63) is 68.2 Å². The van der Waals surface area contributed by atoms with Crippen LogP contribution in [-0.2, 0) is 11.2 Å². The molecule has 2 atom stereocenters. The number of nitrogens with one attached hydrogen (secondary N) is 1. The number of alkyl halides is 1. The molecule has 0 radical (unpaired) electrons. The van der Waals surface area contributed by atoms with Gasteiger partial charge >= 0.3 is 6.03 Å². The summed E-state index contributed by atoms with van der Waals surface area (Å²) in [6, 6.07) is 11.6. The van der Waals surface area contributed by atoms with E-state index in [1.54, 1.807) is 11.0 Å². The molecule has 0 saturated carbocycles. The Kier molecular flexibility index (Phi) is 13.5. The number of aryl methyl sites for hydroxylation is 1. The molecular formula is C34H46Cl3FN4O2. The molecule has 5 rings (SSSR count). The van der Waals surface area contributed by atoms with Gasteiger partial charge in [-0.3, -0.25) is 4.79 Å². The Labute approximate surface area is 277 Å². The van der Waals surface area contributed by atoms with Gasteiger partial charge in [-0.05, 0) is 98.2 Å². The molecule has 3 heterocycles. The van der Waals surface area contributed by atoms with E-state index in [1.165, 1.54) is 11.1 Å². The molecule has 0 aromatic heterocycles. The number of benzene rings is 2. The van der Waals surface area contributed by atoms with Crippen molar-refractivity contribution in [1.82, 2.24) is 20.0 Å². The Morgan fingerprint density at radius 2 is 1.61 bits per heavy atom. The summed E-state index contributed by atoms with van der Waals surface area (Å²) < 4.78 is 13.7. The second kappa shape index (κ2) is 17.0. The molecule has 0 aliphatic carbocycles. The van der Waals surface area contributed by atoms with Crippen LogP contribution in [0.25, 0.3) is 0 Å². The summed E-state index contributed by atoms with van der Waals surface area (Å²) in [5.74, 6) is 0.860. The number of likely N-dealkylation sites (tertiary alicyclic amines) is 3. The molecule has 3 saturated heterocycles. The van der Waals surface area contributed by atoms with E-state index in [2.05, 4.69) is 29.3 Å². The molecule has 3 fully saturated rings. The first-order valence-corrected chi connectivity index (χ1v) is 17.1. The summed E-state index contributed by atoms with van der Waals surface area (Å²) >= 11 is 17.8. The Hall–Kier alpha value is -2.06. The molecule has 44 heavy (non-hydrogen) atoms. The highest BCUT2D eigenvalue weighted by atomic mass is 35.5. The minimum atomic E-state index is -0.685. The first kappa shape index (κ1) is 34.8. The molecule has 6 nitrogen and oxygen atoms in total. The monoisotopic (exact) mass is 666 g/mol.